The molecule has 0 saturated heterocycles. The summed E-state index contributed by atoms with van der Waals surface area (Å²) in [7, 11) is -3.61. The molecule has 116 valence electrons. The van der Waals surface area contributed by atoms with Gasteiger partial charge >= 0.3 is 0 Å². The van der Waals surface area contributed by atoms with Crippen molar-refractivity contribution in [2.75, 3.05) is 6.54 Å². The highest BCUT2D eigenvalue weighted by Crippen LogP contribution is 2.67. The van der Waals surface area contributed by atoms with Gasteiger partial charge in [-0.3, -0.25) is 0 Å². The molecule has 1 aromatic carbocycles. The average Bonchev–Trinajstić information content (AvgIpc) is 2.77. The third kappa shape index (κ3) is 2.72. The van der Waals surface area contributed by atoms with Gasteiger partial charge in [-0.05, 0) is 22.8 Å². The first-order chi connectivity index (χ1) is 9.52. The number of nitrogens with one attached hydrogen (secondary N) is 1. The monoisotopic (exact) mass is 326 g/mol. The summed E-state index contributed by atoms with van der Waals surface area (Å²) in [5.41, 5.74) is 6.26. The van der Waals surface area contributed by atoms with Crippen molar-refractivity contribution in [3.63, 3.8) is 0 Å². The normalized spacial score (nSPS) is 20.2. The van der Waals surface area contributed by atoms with E-state index in [1.54, 1.807) is 18.2 Å². The molecule has 21 heavy (non-hydrogen) atoms. The first-order valence-corrected chi connectivity index (χ1v) is 8.79. The maximum absolute atomic E-state index is 12.5. The van der Waals surface area contributed by atoms with Gasteiger partial charge in [0.25, 0.3) is 0 Å². The zero-order valence-corrected chi connectivity index (χ0v) is 14.4. The van der Waals surface area contributed by atoms with Crippen molar-refractivity contribution in [3.05, 3.63) is 29.8 Å². The fourth-order valence-corrected chi connectivity index (χ4v) is 4.53. The molecule has 1 aliphatic carbocycles. The van der Waals surface area contributed by atoms with Crippen molar-refractivity contribution >= 4 is 27.2 Å². The van der Waals surface area contributed by atoms with Crippen molar-refractivity contribution in [1.82, 2.24) is 4.72 Å². The van der Waals surface area contributed by atoms with Crippen LogP contribution in [0.3, 0.4) is 0 Å². The Morgan fingerprint density at radius 2 is 1.76 bits per heavy atom. The lowest BCUT2D eigenvalue weighted by atomic mass is 10.0. The van der Waals surface area contributed by atoms with Crippen molar-refractivity contribution in [2.45, 2.75) is 32.6 Å². The minimum Gasteiger partial charge on any atom is -0.389 e. The Morgan fingerprint density at radius 3 is 2.24 bits per heavy atom. The Balaban J connectivity index is 2.20. The minimum atomic E-state index is -3.61. The second-order valence-corrected chi connectivity index (χ2v) is 8.88. The largest absolute Gasteiger partial charge is 0.389 e. The topological polar surface area (TPSA) is 72.2 Å². The summed E-state index contributed by atoms with van der Waals surface area (Å²) in [6.07, 6.45) is 0. The molecule has 1 fully saturated rings. The van der Waals surface area contributed by atoms with Crippen molar-refractivity contribution in [2.24, 2.45) is 22.5 Å². The fraction of sp³-hybridized carbons (Fsp3) is 0.533. The Hall–Kier alpha value is -0.980. The number of rotatable bonds is 5. The number of hydrogen-bond donors (Lipinski definition) is 2. The summed E-state index contributed by atoms with van der Waals surface area (Å²) in [4.78, 5) is 0.233. The lowest BCUT2D eigenvalue weighted by Gasteiger charge is -2.11. The van der Waals surface area contributed by atoms with Gasteiger partial charge < -0.3 is 5.73 Å². The maximum Gasteiger partial charge on any atom is 0.241 e. The molecule has 0 spiro atoms. The van der Waals surface area contributed by atoms with Crippen molar-refractivity contribution < 1.29 is 8.42 Å². The van der Waals surface area contributed by atoms with E-state index in [1.165, 1.54) is 6.07 Å². The van der Waals surface area contributed by atoms with Crippen LogP contribution in [0.2, 0.25) is 0 Å². The van der Waals surface area contributed by atoms with Gasteiger partial charge in [0.2, 0.25) is 10.0 Å². The molecule has 0 aromatic heterocycles. The van der Waals surface area contributed by atoms with Crippen LogP contribution in [0, 0.1) is 16.7 Å². The molecule has 0 unspecified atom stereocenters. The maximum atomic E-state index is 12.5. The van der Waals surface area contributed by atoms with Crippen LogP contribution >= 0.6 is 12.2 Å². The third-order valence-corrected chi connectivity index (χ3v) is 6.94. The molecule has 2 rings (SSSR count). The first-order valence-electron chi connectivity index (χ1n) is 6.90. The number of thiocarbonyl (C=S) groups is 1. The van der Waals surface area contributed by atoms with Crippen LogP contribution in [0.1, 0.15) is 33.3 Å². The smallest absolute Gasteiger partial charge is 0.241 e. The number of nitrogens with two attached hydrogens (primary N) is 1. The Kier molecular flexibility index (Phi) is 3.93. The summed E-state index contributed by atoms with van der Waals surface area (Å²) >= 11 is 4.92. The van der Waals surface area contributed by atoms with Gasteiger partial charge in [0.15, 0.2) is 0 Å². The van der Waals surface area contributed by atoms with Gasteiger partial charge in [0, 0.05) is 12.1 Å². The molecule has 0 atom stereocenters. The highest BCUT2D eigenvalue weighted by molar-refractivity contribution is 7.89. The molecule has 0 amide bonds. The quantitative estimate of drug-likeness (QED) is 0.814. The molecule has 0 radical (unpaired) electrons. The highest BCUT2D eigenvalue weighted by Gasteiger charge is 2.64. The summed E-state index contributed by atoms with van der Waals surface area (Å²) < 4.78 is 27.7. The summed E-state index contributed by atoms with van der Waals surface area (Å²) in [5, 5.41) is 0. The second-order valence-electron chi connectivity index (χ2n) is 6.71. The SMILES string of the molecule is CC1(C)C(CNS(=O)(=O)c2ccccc2C(N)=S)C1(C)C. The summed E-state index contributed by atoms with van der Waals surface area (Å²) in [6, 6.07) is 6.55. The molecule has 1 saturated carbocycles. The predicted octanol–water partition coefficient (Wildman–Crippen LogP) is 2.28. The fourth-order valence-electron chi connectivity index (χ4n) is 3.02. The van der Waals surface area contributed by atoms with Crippen LogP contribution in [0.5, 0.6) is 0 Å². The molecular weight excluding hydrogens is 304 g/mol. The zero-order valence-electron chi connectivity index (χ0n) is 12.8. The van der Waals surface area contributed by atoms with Crippen LogP contribution in [0.15, 0.2) is 29.2 Å². The third-order valence-electron chi connectivity index (χ3n) is 5.24. The second kappa shape index (κ2) is 5.04. The van der Waals surface area contributed by atoms with Gasteiger partial charge in [-0.25, -0.2) is 13.1 Å². The predicted molar refractivity (Wildman–Crippen MR) is 88.6 cm³/mol. The van der Waals surface area contributed by atoms with E-state index in [9.17, 15) is 8.42 Å². The van der Waals surface area contributed by atoms with E-state index in [-0.39, 0.29) is 20.7 Å². The van der Waals surface area contributed by atoms with Crippen molar-refractivity contribution in [3.8, 4) is 0 Å². The average molecular weight is 326 g/mol. The van der Waals surface area contributed by atoms with Gasteiger partial charge in [-0.2, -0.15) is 0 Å². The van der Waals surface area contributed by atoms with E-state index in [1.807, 2.05) is 0 Å². The molecule has 0 bridgehead atoms. The Labute approximate surface area is 132 Å². The Bertz CT molecular complexity index is 665. The molecule has 6 heteroatoms. The van der Waals surface area contributed by atoms with E-state index in [0.717, 1.165) is 0 Å². The van der Waals surface area contributed by atoms with Gasteiger partial charge in [0.05, 0.1) is 4.90 Å². The molecule has 1 aliphatic rings. The van der Waals surface area contributed by atoms with Gasteiger partial charge in [-0.15, -0.1) is 0 Å². The summed E-state index contributed by atoms with van der Waals surface area (Å²) in [5.74, 6) is 0.316. The van der Waals surface area contributed by atoms with Gasteiger partial charge in [-0.1, -0.05) is 58.1 Å². The lowest BCUT2D eigenvalue weighted by molar-refractivity contribution is 0.457. The van der Waals surface area contributed by atoms with Gasteiger partial charge in [0.1, 0.15) is 4.99 Å². The zero-order chi connectivity index (χ0) is 16.1. The molecule has 3 N–H and O–H groups in total. The Morgan fingerprint density at radius 1 is 1.24 bits per heavy atom. The highest BCUT2D eigenvalue weighted by atomic mass is 32.2. The van der Waals surface area contributed by atoms with E-state index in [2.05, 4.69) is 32.4 Å². The molecule has 1 aromatic rings. The molecule has 0 aliphatic heterocycles. The van der Waals surface area contributed by atoms with Crippen LogP contribution in [-0.2, 0) is 10.0 Å². The van der Waals surface area contributed by atoms with Crippen LogP contribution in [-0.4, -0.2) is 20.0 Å². The number of benzene rings is 1. The number of hydrogen-bond acceptors (Lipinski definition) is 3. The molecule has 0 heterocycles. The molecular formula is C15H22N2O2S2. The standard InChI is InChI=1S/C15H22N2O2S2/c1-14(2)12(15(14,3)4)9-17-21(18,19)11-8-6-5-7-10(11)13(16)20/h5-8,12,17H,9H2,1-4H3,(H2,16,20). The lowest BCUT2D eigenvalue weighted by Crippen LogP contribution is -2.29. The van der Waals surface area contributed by atoms with Crippen LogP contribution < -0.4 is 10.5 Å². The summed E-state index contributed by atoms with van der Waals surface area (Å²) in [6.45, 7) is 9.07. The van der Waals surface area contributed by atoms with E-state index < -0.39 is 10.0 Å². The van der Waals surface area contributed by atoms with E-state index in [4.69, 9.17) is 18.0 Å². The first kappa shape index (κ1) is 16.4. The molecule has 4 nitrogen and oxygen atoms in total. The van der Waals surface area contributed by atoms with Crippen LogP contribution in [0.25, 0.3) is 0 Å². The van der Waals surface area contributed by atoms with E-state index >= 15 is 0 Å². The van der Waals surface area contributed by atoms with E-state index in [0.29, 0.717) is 18.0 Å². The number of sulfonamides is 1. The minimum absolute atomic E-state index is 0.0862. The van der Waals surface area contributed by atoms with Crippen LogP contribution in [0.4, 0.5) is 0 Å². The van der Waals surface area contributed by atoms with Crippen molar-refractivity contribution in [1.29, 1.82) is 0 Å².